The van der Waals surface area contributed by atoms with Gasteiger partial charge in [0.05, 0.1) is 11.9 Å². The maximum Gasteiger partial charge on any atom is 0.421 e. The van der Waals surface area contributed by atoms with Gasteiger partial charge in [-0.3, -0.25) is 9.48 Å². The van der Waals surface area contributed by atoms with Gasteiger partial charge in [-0.25, -0.2) is 14.7 Å². The van der Waals surface area contributed by atoms with E-state index in [1.807, 2.05) is 6.07 Å². The zero-order valence-corrected chi connectivity index (χ0v) is 16.9. The van der Waals surface area contributed by atoms with Crippen LogP contribution in [0.3, 0.4) is 0 Å². The number of ketones is 1. The van der Waals surface area contributed by atoms with E-state index in [-0.39, 0.29) is 21.6 Å². The molecule has 9 heteroatoms. The first kappa shape index (κ1) is 19.6. The monoisotopic (exact) mass is 399 g/mol. The molecular formula is C19H21N5O3S. The van der Waals surface area contributed by atoms with Crippen molar-refractivity contribution in [3.05, 3.63) is 53.2 Å². The zero-order valence-electron chi connectivity index (χ0n) is 16.0. The number of nitrogens with zero attached hydrogens (tertiary/aromatic N) is 4. The molecule has 2 aromatic heterocycles. The lowest BCUT2D eigenvalue weighted by Gasteiger charge is -2.24. The Labute approximate surface area is 166 Å². The molecule has 0 saturated carbocycles. The molecule has 0 atom stereocenters. The summed E-state index contributed by atoms with van der Waals surface area (Å²) in [6, 6.07) is 8.77. The second-order valence-electron chi connectivity index (χ2n) is 7.09. The van der Waals surface area contributed by atoms with Gasteiger partial charge < -0.3 is 10.5 Å². The van der Waals surface area contributed by atoms with Gasteiger partial charge in [0.2, 0.25) is 10.9 Å². The first-order valence-corrected chi connectivity index (χ1v) is 9.35. The summed E-state index contributed by atoms with van der Waals surface area (Å²) in [6.07, 6.45) is 2.54. The minimum atomic E-state index is -0.705. The number of hydrogen-bond acceptors (Lipinski definition) is 7. The molecule has 0 bridgehead atoms. The van der Waals surface area contributed by atoms with Crippen molar-refractivity contribution in [2.75, 3.05) is 10.6 Å². The molecule has 0 unspecified atom stereocenters. The van der Waals surface area contributed by atoms with Crippen molar-refractivity contribution >= 4 is 39.9 Å². The van der Waals surface area contributed by atoms with Gasteiger partial charge in [0.1, 0.15) is 16.3 Å². The van der Waals surface area contributed by atoms with Crippen molar-refractivity contribution in [2.24, 2.45) is 7.05 Å². The number of hydrogen-bond donors (Lipinski definition) is 1. The van der Waals surface area contributed by atoms with Crippen LogP contribution in [0.2, 0.25) is 0 Å². The number of thiazole rings is 1. The fourth-order valence-electron chi connectivity index (χ4n) is 2.42. The van der Waals surface area contributed by atoms with Crippen molar-refractivity contribution in [1.82, 2.24) is 14.8 Å². The lowest BCUT2D eigenvalue weighted by atomic mass is 10.1. The van der Waals surface area contributed by atoms with E-state index >= 15 is 0 Å². The molecule has 0 spiro atoms. The highest BCUT2D eigenvalue weighted by Gasteiger charge is 2.30. The van der Waals surface area contributed by atoms with Crippen LogP contribution < -0.4 is 10.6 Å². The molecule has 0 aliphatic heterocycles. The topological polar surface area (TPSA) is 103 Å². The van der Waals surface area contributed by atoms with Crippen LogP contribution in [0.25, 0.3) is 0 Å². The minimum Gasteiger partial charge on any atom is -0.443 e. The van der Waals surface area contributed by atoms with Gasteiger partial charge in [-0.1, -0.05) is 41.7 Å². The third-order valence-corrected chi connectivity index (χ3v) is 4.66. The van der Waals surface area contributed by atoms with E-state index in [9.17, 15) is 9.59 Å². The Hall–Kier alpha value is -3.20. The van der Waals surface area contributed by atoms with Gasteiger partial charge >= 0.3 is 6.09 Å². The SMILES string of the molecule is Cn1cc(N(C(=O)OC(C)(C)C)c2nc(N)c(C(=O)c3ccccc3)s2)cn1. The summed E-state index contributed by atoms with van der Waals surface area (Å²) in [4.78, 5) is 31.4. The molecular weight excluding hydrogens is 378 g/mol. The average molecular weight is 399 g/mol. The van der Waals surface area contributed by atoms with Gasteiger partial charge in [-0.15, -0.1) is 0 Å². The number of rotatable bonds is 4. The first-order valence-electron chi connectivity index (χ1n) is 8.53. The summed E-state index contributed by atoms with van der Waals surface area (Å²) < 4.78 is 7.06. The van der Waals surface area contributed by atoms with Crippen LogP contribution in [0.1, 0.15) is 36.0 Å². The Morgan fingerprint density at radius 1 is 1.21 bits per heavy atom. The van der Waals surface area contributed by atoms with Crippen LogP contribution in [0.4, 0.5) is 21.4 Å². The van der Waals surface area contributed by atoms with E-state index in [4.69, 9.17) is 10.5 Å². The molecule has 2 N–H and O–H groups in total. The van der Waals surface area contributed by atoms with Gasteiger partial charge in [-0.05, 0) is 20.8 Å². The Morgan fingerprint density at radius 3 is 2.46 bits per heavy atom. The fourth-order valence-corrected chi connectivity index (χ4v) is 3.38. The number of nitrogens with two attached hydrogens (primary N) is 1. The molecule has 28 heavy (non-hydrogen) atoms. The number of nitrogen functional groups attached to an aromatic ring is 1. The molecule has 2 heterocycles. The lowest BCUT2D eigenvalue weighted by molar-refractivity contribution is 0.0599. The number of anilines is 3. The number of aromatic nitrogens is 3. The van der Waals surface area contributed by atoms with E-state index < -0.39 is 11.7 Å². The minimum absolute atomic E-state index is 0.0614. The Bertz CT molecular complexity index is 1000. The second kappa shape index (κ2) is 7.43. The lowest BCUT2D eigenvalue weighted by Crippen LogP contribution is -2.33. The predicted molar refractivity (Wildman–Crippen MR) is 108 cm³/mol. The maximum atomic E-state index is 12.8. The Morgan fingerprint density at radius 2 is 1.89 bits per heavy atom. The summed E-state index contributed by atoms with van der Waals surface area (Å²) in [7, 11) is 1.73. The van der Waals surface area contributed by atoms with Gasteiger partial charge in [0, 0.05) is 18.8 Å². The molecule has 3 rings (SSSR count). The van der Waals surface area contributed by atoms with Crippen LogP contribution in [0.5, 0.6) is 0 Å². The van der Waals surface area contributed by atoms with Crippen LogP contribution in [-0.2, 0) is 11.8 Å². The largest absolute Gasteiger partial charge is 0.443 e. The molecule has 1 amide bonds. The van der Waals surface area contributed by atoms with Crippen molar-refractivity contribution < 1.29 is 14.3 Å². The molecule has 0 aliphatic carbocycles. The normalized spacial score (nSPS) is 11.3. The number of carbonyl (C=O) groups is 2. The predicted octanol–water partition coefficient (Wildman–Crippen LogP) is 3.76. The molecule has 0 radical (unpaired) electrons. The van der Waals surface area contributed by atoms with Gasteiger partial charge in [-0.2, -0.15) is 5.10 Å². The van der Waals surface area contributed by atoms with Gasteiger partial charge in [0.15, 0.2) is 0 Å². The third kappa shape index (κ3) is 4.20. The van der Waals surface area contributed by atoms with Crippen LogP contribution >= 0.6 is 11.3 Å². The molecule has 3 aromatic rings. The van der Waals surface area contributed by atoms with E-state index in [1.165, 1.54) is 11.1 Å². The van der Waals surface area contributed by atoms with E-state index in [2.05, 4.69) is 10.1 Å². The Kier molecular flexibility index (Phi) is 5.19. The van der Waals surface area contributed by atoms with Crippen molar-refractivity contribution in [1.29, 1.82) is 0 Å². The molecule has 0 saturated heterocycles. The first-order chi connectivity index (χ1) is 13.2. The number of ether oxygens (including phenoxy) is 1. The van der Waals surface area contributed by atoms with Crippen LogP contribution in [0.15, 0.2) is 42.7 Å². The van der Waals surface area contributed by atoms with Crippen molar-refractivity contribution in [3.8, 4) is 0 Å². The highest BCUT2D eigenvalue weighted by atomic mass is 32.1. The van der Waals surface area contributed by atoms with Gasteiger partial charge in [0.25, 0.3) is 0 Å². The number of aryl methyl sites for hydroxylation is 1. The van der Waals surface area contributed by atoms with Crippen LogP contribution in [-0.4, -0.2) is 32.2 Å². The molecule has 8 nitrogen and oxygen atoms in total. The van der Waals surface area contributed by atoms with E-state index in [0.717, 1.165) is 11.3 Å². The molecule has 1 aromatic carbocycles. The molecule has 0 fully saturated rings. The maximum absolute atomic E-state index is 12.8. The summed E-state index contributed by atoms with van der Waals surface area (Å²) in [5.41, 5.74) is 6.26. The Balaban J connectivity index is 2.01. The number of benzene rings is 1. The zero-order chi connectivity index (χ0) is 20.5. The number of amides is 1. The smallest absolute Gasteiger partial charge is 0.421 e. The van der Waals surface area contributed by atoms with Crippen molar-refractivity contribution in [2.45, 2.75) is 26.4 Å². The average Bonchev–Trinajstić information content (AvgIpc) is 3.20. The standard InChI is InChI=1S/C19H21N5O3S/c1-19(2,3)27-18(26)24(13-10-21-23(4)11-13)17-22-16(20)15(28-17)14(25)12-8-6-5-7-9-12/h5-11H,20H2,1-4H3. The quantitative estimate of drug-likeness (QED) is 0.670. The summed E-state index contributed by atoms with van der Waals surface area (Å²) >= 11 is 1.03. The van der Waals surface area contributed by atoms with E-state index in [1.54, 1.807) is 63.0 Å². The summed E-state index contributed by atoms with van der Waals surface area (Å²) in [5, 5.41) is 4.33. The van der Waals surface area contributed by atoms with Crippen LogP contribution in [0, 0.1) is 0 Å². The fraction of sp³-hybridized carbons (Fsp3) is 0.263. The van der Waals surface area contributed by atoms with Crippen molar-refractivity contribution in [3.63, 3.8) is 0 Å². The third-order valence-electron chi connectivity index (χ3n) is 3.60. The molecule has 0 aliphatic rings. The highest BCUT2D eigenvalue weighted by molar-refractivity contribution is 7.18. The second-order valence-corrected chi connectivity index (χ2v) is 8.07. The van der Waals surface area contributed by atoms with E-state index in [0.29, 0.717) is 11.3 Å². The number of carbonyl (C=O) groups excluding carboxylic acids is 2. The summed E-state index contributed by atoms with van der Waals surface area (Å²) in [6.45, 7) is 5.31. The highest BCUT2D eigenvalue weighted by Crippen LogP contribution is 2.35. The summed E-state index contributed by atoms with van der Waals surface area (Å²) in [5.74, 6) is -0.191. The molecule has 146 valence electrons.